The van der Waals surface area contributed by atoms with Crippen LogP contribution in [0.1, 0.15) is 37.3 Å². The summed E-state index contributed by atoms with van der Waals surface area (Å²) >= 11 is 1.62. The maximum absolute atomic E-state index is 13.0. The first-order valence-electron chi connectivity index (χ1n) is 9.68. The molecule has 0 radical (unpaired) electrons. The van der Waals surface area contributed by atoms with Crippen molar-refractivity contribution in [3.05, 3.63) is 53.3 Å². The normalized spacial score (nSPS) is 16.0. The van der Waals surface area contributed by atoms with Crippen LogP contribution in [-0.4, -0.2) is 20.3 Å². The van der Waals surface area contributed by atoms with Crippen LogP contribution in [0.4, 0.5) is 8.78 Å². The minimum atomic E-state index is -2.45. The number of nitrogens with zero attached hydrogens (tertiary/aromatic N) is 3. The molecule has 1 fully saturated rings. The maximum atomic E-state index is 13.0. The highest BCUT2D eigenvalue weighted by atomic mass is 32.1. The Labute approximate surface area is 167 Å². The Bertz CT molecular complexity index is 1120. The van der Waals surface area contributed by atoms with Crippen LogP contribution in [0, 0.1) is 12.8 Å². The topological polar surface area (TPSA) is 30.2 Å². The van der Waals surface area contributed by atoms with E-state index < -0.39 is 5.92 Å². The molecule has 0 N–H and O–H groups in total. The van der Waals surface area contributed by atoms with Crippen molar-refractivity contribution in [2.45, 2.75) is 46.0 Å². The van der Waals surface area contributed by atoms with Gasteiger partial charge >= 0.3 is 0 Å². The summed E-state index contributed by atoms with van der Waals surface area (Å²) in [5.74, 6) is -2.35. The number of pyridine rings is 2. The molecule has 0 saturated heterocycles. The summed E-state index contributed by atoms with van der Waals surface area (Å²) < 4.78 is 28.1. The van der Waals surface area contributed by atoms with Crippen molar-refractivity contribution in [1.82, 2.24) is 14.4 Å². The standard InChI is InChI=1S/C20H17F2N3S.C2H6/c1-12-10-25-11-15(3-5-18(25)23-12)17-4-2-14-7-16(26-19(14)24-17)6-13-8-20(21,22)9-13;1-2/h2-5,7,10-11,13H,6,8-9H2,1H3;1-2H3. The summed E-state index contributed by atoms with van der Waals surface area (Å²) in [7, 11) is 0. The van der Waals surface area contributed by atoms with E-state index in [2.05, 4.69) is 17.1 Å². The largest absolute Gasteiger partial charge is 0.306 e. The van der Waals surface area contributed by atoms with Gasteiger partial charge in [-0.25, -0.2) is 18.7 Å². The Morgan fingerprint density at radius 2 is 1.89 bits per heavy atom. The molecule has 146 valence electrons. The molecule has 4 aromatic rings. The number of aromatic nitrogens is 3. The summed E-state index contributed by atoms with van der Waals surface area (Å²) in [4.78, 5) is 11.3. The molecule has 0 bridgehead atoms. The number of fused-ring (bicyclic) bond motifs is 2. The van der Waals surface area contributed by atoms with Gasteiger partial charge in [-0.3, -0.25) is 0 Å². The first kappa shape index (κ1) is 19.0. The van der Waals surface area contributed by atoms with Crippen molar-refractivity contribution in [3.63, 3.8) is 0 Å². The SMILES string of the molecule is CC.Cc1cn2cc(-c3ccc4cc(CC5CC(F)(F)C5)sc4n3)ccc2n1. The van der Waals surface area contributed by atoms with Gasteiger partial charge in [0.2, 0.25) is 5.92 Å². The zero-order chi connectivity index (χ0) is 19.9. The lowest BCUT2D eigenvalue weighted by molar-refractivity contribution is -0.109. The fraction of sp³-hybridized carbons (Fsp3) is 0.364. The van der Waals surface area contributed by atoms with Gasteiger partial charge < -0.3 is 4.40 Å². The number of imidazole rings is 1. The van der Waals surface area contributed by atoms with Crippen LogP contribution in [0.5, 0.6) is 0 Å². The van der Waals surface area contributed by atoms with E-state index in [4.69, 9.17) is 4.98 Å². The molecule has 1 aliphatic carbocycles. The van der Waals surface area contributed by atoms with Gasteiger partial charge in [0.1, 0.15) is 10.5 Å². The van der Waals surface area contributed by atoms with E-state index in [1.165, 1.54) is 0 Å². The van der Waals surface area contributed by atoms with Crippen LogP contribution in [0.25, 0.3) is 27.1 Å². The molecule has 0 spiro atoms. The first-order chi connectivity index (χ1) is 13.4. The van der Waals surface area contributed by atoms with Crippen molar-refractivity contribution >= 4 is 27.2 Å². The smallest absolute Gasteiger partial charge is 0.248 e. The lowest BCUT2D eigenvalue weighted by Crippen LogP contribution is -2.36. The van der Waals surface area contributed by atoms with Gasteiger partial charge in [-0.1, -0.05) is 13.8 Å². The monoisotopic (exact) mass is 399 g/mol. The van der Waals surface area contributed by atoms with E-state index in [9.17, 15) is 8.78 Å². The predicted molar refractivity (Wildman–Crippen MR) is 111 cm³/mol. The molecule has 0 aliphatic heterocycles. The van der Waals surface area contributed by atoms with Crippen molar-refractivity contribution in [2.24, 2.45) is 5.92 Å². The van der Waals surface area contributed by atoms with Crippen LogP contribution >= 0.6 is 11.3 Å². The molecule has 6 heteroatoms. The van der Waals surface area contributed by atoms with Crippen LogP contribution < -0.4 is 0 Å². The van der Waals surface area contributed by atoms with E-state index in [0.29, 0.717) is 0 Å². The minimum Gasteiger partial charge on any atom is -0.306 e. The minimum absolute atomic E-state index is 0.0181. The number of rotatable bonds is 3. The van der Waals surface area contributed by atoms with Gasteiger partial charge in [0, 0.05) is 41.1 Å². The van der Waals surface area contributed by atoms with E-state index in [0.717, 1.165) is 44.1 Å². The quantitative estimate of drug-likeness (QED) is 0.392. The predicted octanol–water partition coefficient (Wildman–Crippen LogP) is 6.53. The molecule has 1 saturated carbocycles. The lowest BCUT2D eigenvalue weighted by atomic mass is 9.79. The Balaban J connectivity index is 0.000000932. The number of alkyl halides is 2. The van der Waals surface area contributed by atoms with E-state index in [1.807, 2.05) is 55.8 Å². The Morgan fingerprint density at radius 3 is 2.64 bits per heavy atom. The van der Waals surface area contributed by atoms with Gasteiger partial charge in [-0.15, -0.1) is 11.3 Å². The van der Waals surface area contributed by atoms with Gasteiger partial charge in [-0.2, -0.15) is 0 Å². The lowest BCUT2D eigenvalue weighted by Gasteiger charge is -2.34. The van der Waals surface area contributed by atoms with Crippen molar-refractivity contribution in [2.75, 3.05) is 0 Å². The summed E-state index contributed by atoms with van der Waals surface area (Å²) in [6.45, 7) is 5.97. The van der Waals surface area contributed by atoms with E-state index in [1.54, 1.807) is 11.3 Å². The molecule has 0 unspecified atom stereocenters. The summed E-state index contributed by atoms with van der Waals surface area (Å²) in [6.07, 6.45) is 4.80. The summed E-state index contributed by atoms with van der Waals surface area (Å²) in [5, 5.41) is 1.08. The third kappa shape index (κ3) is 3.65. The Hall–Kier alpha value is -2.34. The number of halogens is 2. The molecule has 0 amide bonds. The molecule has 4 heterocycles. The third-order valence-electron chi connectivity index (χ3n) is 4.97. The van der Waals surface area contributed by atoms with E-state index in [-0.39, 0.29) is 18.8 Å². The molecule has 1 aliphatic rings. The van der Waals surface area contributed by atoms with Crippen molar-refractivity contribution in [3.8, 4) is 11.3 Å². The number of thiophene rings is 1. The second-order valence-electron chi connectivity index (χ2n) is 7.20. The summed E-state index contributed by atoms with van der Waals surface area (Å²) in [6, 6.07) is 10.2. The van der Waals surface area contributed by atoms with Gasteiger partial charge in [0.25, 0.3) is 0 Å². The summed E-state index contributed by atoms with van der Waals surface area (Å²) in [5.41, 5.74) is 3.85. The highest BCUT2D eigenvalue weighted by Gasteiger charge is 2.45. The van der Waals surface area contributed by atoms with Gasteiger partial charge in [-0.05, 0) is 49.6 Å². The number of hydrogen-bond acceptors (Lipinski definition) is 3. The highest BCUT2D eigenvalue weighted by molar-refractivity contribution is 7.18. The molecule has 4 aromatic heterocycles. The number of aryl methyl sites for hydroxylation is 1. The third-order valence-corrected chi connectivity index (χ3v) is 6.03. The molecule has 28 heavy (non-hydrogen) atoms. The molecule has 3 nitrogen and oxygen atoms in total. The fourth-order valence-electron chi connectivity index (χ4n) is 3.72. The molecular weight excluding hydrogens is 376 g/mol. The fourth-order valence-corrected chi connectivity index (χ4v) is 4.86. The Morgan fingerprint density at radius 1 is 1.11 bits per heavy atom. The molecule has 0 aromatic carbocycles. The second kappa shape index (κ2) is 7.24. The van der Waals surface area contributed by atoms with Crippen LogP contribution in [0.15, 0.2) is 42.7 Å². The Kier molecular flexibility index (Phi) is 4.91. The van der Waals surface area contributed by atoms with E-state index >= 15 is 0 Å². The second-order valence-corrected chi connectivity index (χ2v) is 8.32. The average molecular weight is 400 g/mol. The maximum Gasteiger partial charge on any atom is 0.248 e. The van der Waals surface area contributed by atoms with Gasteiger partial charge in [0.15, 0.2) is 0 Å². The number of hydrogen-bond donors (Lipinski definition) is 0. The highest BCUT2D eigenvalue weighted by Crippen LogP contribution is 2.44. The van der Waals surface area contributed by atoms with Gasteiger partial charge in [0.05, 0.1) is 11.4 Å². The van der Waals surface area contributed by atoms with Crippen molar-refractivity contribution in [1.29, 1.82) is 0 Å². The molecular formula is C22H23F2N3S. The first-order valence-corrected chi connectivity index (χ1v) is 10.5. The van der Waals surface area contributed by atoms with Crippen molar-refractivity contribution < 1.29 is 8.78 Å². The zero-order valence-electron chi connectivity index (χ0n) is 16.2. The molecule has 0 atom stereocenters. The average Bonchev–Trinajstić information content (AvgIpc) is 3.22. The zero-order valence-corrected chi connectivity index (χ0v) is 17.1. The van der Waals surface area contributed by atoms with Crippen LogP contribution in [-0.2, 0) is 6.42 Å². The van der Waals surface area contributed by atoms with Crippen LogP contribution in [0.3, 0.4) is 0 Å². The van der Waals surface area contributed by atoms with Crippen LogP contribution in [0.2, 0.25) is 0 Å². The molecule has 5 rings (SSSR count).